The van der Waals surface area contributed by atoms with E-state index >= 15 is 0 Å². The molecule has 52 heavy (non-hydrogen) atoms. The first-order chi connectivity index (χ1) is 25.0. The van der Waals surface area contributed by atoms with Gasteiger partial charge in [0, 0.05) is 50.1 Å². The zero-order valence-electron chi connectivity index (χ0n) is 30.4. The van der Waals surface area contributed by atoms with Gasteiger partial charge in [-0.1, -0.05) is 43.3 Å². The number of para-hydroxylation sites is 1. The van der Waals surface area contributed by atoms with Crippen molar-refractivity contribution in [3.63, 3.8) is 0 Å². The third kappa shape index (κ3) is 9.94. The van der Waals surface area contributed by atoms with E-state index in [9.17, 15) is 30.0 Å². The van der Waals surface area contributed by atoms with Gasteiger partial charge < -0.3 is 45.8 Å². The normalized spacial score (nSPS) is 17.8. The Morgan fingerprint density at radius 1 is 1.02 bits per heavy atom. The number of aromatic nitrogens is 1. The van der Waals surface area contributed by atoms with Gasteiger partial charge in [0.15, 0.2) is 0 Å². The maximum Gasteiger partial charge on any atom is 0.239 e. The number of hydrogen-bond acceptors (Lipinski definition) is 10. The van der Waals surface area contributed by atoms with Crippen LogP contribution in [0.25, 0.3) is 11.1 Å². The number of pyridine rings is 1. The van der Waals surface area contributed by atoms with Gasteiger partial charge >= 0.3 is 0 Å². The van der Waals surface area contributed by atoms with E-state index in [-0.39, 0.29) is 30.3 Å². The van der Waals surface area contributed by atoms with E-state index in [1.54, 1.807) is 0 Å². The molecule has 2 aliphatic rings. The lowest BCUT2D eigenvalue weighted by atomic mass is 9.91. The number of aliphatic hydroxyl groups is 5. The number of nitrogens with zero attached hydrogens (tertiary/aromatic N) is 2. The minimum atomic E-state index is -1.84. The second-order valence-electron chi connectivity index (χ2n) is 14.4. The topological polar surface area (TPSA) is 185 Å². The molecule has 2 saturated carbocycles. The highest BCUT2D eigenvalue weighted by atomic mass is 16.5. The molecule has 5 atom stereocenters. The van der Waals surface area contributed by atoms with Gasteiger partial charge in [0.05, 0.1) is 19.3 Å². The fourth-order valence-corrected chi connectivity index (χ4v) is 6.58. The Morgan fingerprint density at radius 2 is 1.75 bits per heavy atom. The van der Waals surface area contributed by atoms with Crippen molar-refractivity contribution < 1.29 is 39.9 Å². The average Bonchev–Trinajstić information content (AvgIpc) is 4.11. The van der Waals surface area contributed by atoms with Gasteiger partial charge in [-0.05, 0) is 91.3 Å². The minimum absolute atomic E-state index is 0.108. The number of likely N-dealkylation sites (N-methyl/N-ethyl adjacent to an activating group) is 1. The fourth-order valence-electron chi connectivity index (χ4n) is 6.58. The summed E-state index contributed by atoms with van der Waals surface area (Å²) >= 11 is 0. The highest BCUT2D eigenvalue weighted by Gasteiger charge is 2.46. The van der Waals surface area contributed by atoms with Crippen LogP contribution in [-0.4, -0.2) is 104 Å². The summed E-state index contributed by atoms with van der Waals surface area (Å²) in [6.07, 6.45) is 2.69. The van der Waals surface area contributed by atoms with Crippen molar-refractivity contribution >= 4 is 11.8 Å². The molecule has 1 heterocycles. The highest BCUT2D eigenvalue weighted by molar-refractivity contribution is 5.84. The molecule has 2 amide bonds. The Kier molecular flexibility index (Phi) is 13.4. The van der Waals surface area contributed by atoms with Crippen LogP contribution >= 0.6 is 0 Å². The second kappa shape index (κ2) is 17.7. The molecule has 5 rings (SSSR count). The van der Waals surface area contributed by atoms with Crippen molar-refractivity contribution in [3.8, 4) is 16.9 Å². The third-order valence-electron chi connectivity index (χ3n) is 10.4. The summed E-state index contributed by atoms with van der Waals surface area (Å²) in [5.74, 6) is 0.210. The van der Waals surface area contributed by atoms with Gasteiger partial charge in [0.25, 0.3) is 0 Å². The van der Waals surface area contributed by atoms with Crippen LogP contribution in [0.3, 0.4) is 0 Å². The van der Waals surface area contributed by atoms with Gasteiger partial charge in [-0.25, -0.2) is 0 Å². The van der Waals surface area contributed by atoms with Crippen molar-refractivity contribution in [1.29, 1.82) is 0 Å². The molecule has 0 radical (unpaired) electrons. The molecule has 1 aromatic heterocycles. The Morgan fingerprint density at radius 3 is 2.44 bits per heavy atom. The number of nitrogens with one attached hydrogen (secondary N) is 2. The predicted molar refractivity (Wildman–Crippen MR) is 196 cm³/mol. The van der Waals surface area contributed by atoms with Crippen LogP contribution < -0.4 is 15.4 Å². The Labute approximate surface area is 305 Å². The number of benzene rings is 2. The molecule has 0 aliphatic heterocycles. The molecule has 3 unspecified atom stereocenters. The van der Waals surface area contributed by atoms with Crippen LogP contribution in [0.1, 0.15) is 80.0 Å². The van der Waals surface area contributed by atoms with Crippen LogP contribution in [0.5, 0.6) is 5.75 Å². The number of carbonyl (C=O) groups is 2. The molecule has 2 aromatic carbocycles. The maximum absolute atomic E-state index is 13.2. The third-order valence-corrected chi connectivity index (χ3v) is 10.4. The lowest BCUT2D eigenvalue weighted by Crippen LogP contribution is -2.52. The summed E-state index contributed by atoms with van der Waals surface area (Å²) in [7, 11) is 1.43. The largest absolute Gasteiger partial charge is 0.490 e. The molecule has 2 aliphatic carbocycles. The molecule has 0 spiro atoms. The maximum atomic E-state index is 13.2. The number of hydrogen-bond donors (Lipinski definition) is 7. The quantitative estimate of drug-likeness (QED) is 0.0917. The number of carbonyl (C=O) groups excluding carboxylic acids is 2. The van der Waals surface area contributed by atoms with Gasteiger partial charge in [-0.15, -0.1) is 0 Å². The summed E-state index contributed by atoms with van der Waals surface area (Å²) in [6.45, 7) is 3.32. The number of aryl methyl sites for hydroxylation is 1. The van der Waals surface area contributed by atoms with Gasteiger partial charge in [0.2, 0.25) is 11.8 Å². The monoisotopic (exact) mass is 718 g/mol. The van der Waals surface area contributed by atoms with Crippen molar-refractivity contribution in [2.45, 2.75) is 107 Å². The smallest absolute Gasteiger partial charge is 0.239 e. The first kappa shape index (κ1) is 39.3. The van der Waals surface area contributed by atoms with E-state index in [1.807, 2.05) is 18.5 Å². The van der Waals surface area contributed by atoms with Crippen molar-refractivity contribution in [1.82, 2.24) is 20.5 Å². The Balaban J connectivity index is 1.19. The highest BCUT2D eigenvalue weighted by Crippen LogP contribution is 2.50. The van der Waals surface area contributed by atoms with E-state index in [0.717, 1.165) is 53.0 Å². The van der Waals surface area contributed by atoms with E-state index < -0.39 is 43.5 Å². The van der Waals surface area contributed by atoms with E-state index in [1.165, 1.54) is 23.7 Å². The molecule has 3 aromatic rings. The average molecular weight is 719 g/mol. The molecule has 2 fully saturated rings. The van der Waals surface area contributed by atoms with E-state index in [4.69, 9.17) is 9.84 Å². The van der Waals surface area contributed by atoms with Crippen molar-refractivity contribution in [3.05, 3.63) is 83.2 Å². The van der Waals surface area contributed by atoms with Crippen molar-refractivity contribution in [2.24, 2.45) is 0 Å². The zero-order valence-corrected chi connectivity index (χ0v) is 30.4. The lowest BCUT2D eigenvalue weighted by Gasteiger charge is -2.30. The van der Waals surface area contributed by atoms with Gasteiger partial charge in [0.1, 0.15) is 30.2 Å². The number of amides is 2. The molecule has 0 bridgehead atoms. The standard InChI is InChI=1S/C40H54N4O8/c1-25(7-6-10-37(49)44(23-36(48)41-3)22-33(46)38(50)39(51)34(47)24-45)27-12-11-26(2)28(19-27)20-43-40(16-17-40)32-21-42-18-15-30(32)31-8-4-5-9-35(31)52-29-13-14-29/h4-5,8-9,11-12,15,18-19,21,25,29,33-34,38-39,43,45-47,50-51H,6-7,10,13-14,16-17,20,22-24H2,1-3H3,(H,41,48)/t25?,33-,34?,38+,39?/m0/s1. The van der Waals surface area contributed by atoms with Crippen LogP contribution in [0.2, 0.25) is 0 Å². The first-order valence-electron chi connectivity index (χ1n) is 18.3. The summed E-state index contributed by atoms with van der Waals surface area (Å²) in [5.41, 5.74) is 6.78. The first-order valence-corrected chi connectivity index (χ1v) is 18.3. The van der Waals surface area contributed by atoms with Gasteiger partial charge in [-0.2, -0.15) is 0 Å². The van der Waals surface area contributed by atoms with Gasteiger partial charge in [-0.3, -0.25) is 14.6 Å². The van der Waals surface area contributed by atoms with Crippen LogP contribution in [0.15, 0.2) is 60.9 Å². The molecule has 12 heteroatoms. The molecule has 0 saturated heterocycles. The Bertz CT molecular complexity index is 1660. The number of rotatable bonds is 20. The summed E-state index contributed by atoms with van der Waals surface area (Å²) in [5, 5.41) is 55.7. The van der Waals surface area contributed by atoms with Crippen LogP contribution in [0, 0.1) is 6.92 Å². The molecule has 7 N–H and O–H groups in total. The molecular formula is C40H54N4O8. The summed E-state index contributed by atoms with van der Waals surface area (Å²) in [4.78, 5) is 31.0. The molecule has 12 nitrogen and oxygen atoms in total. The van der Waals surface area contributed by atoms with Crippen LogP contribution in [-0.2, 0) is 21.7 Å². The number of ether oxygens (including phenoxy) is 1. The lowest BCUT2D eigenvalue weighted by molar-refractivity contribution is -0.143. The minimum Gasteiger partial charge on any atom is -0.490 e. The van der Waals surface area contributed by atoms with E-state index in [2.05, 4.69) is 71.9 Å². The fraction of sp³-hybridized carbons (Fsp3) is 0.525. The predicted octanol–water partition coefficient (Wildman–Crippen LogP) is 2.66. The SMILES string of the molecule is CNC(=O)CN(C[C@H](O)[C@@H](O)C(O)C(O)CO)C(=O)CCCC(C)c1ccc(C)c(CNC2(c3cnccc3-c3ccccc3OC3CC3)CC2)c1. The van der Waals surface area contributed by atoms with E-state index in [0.29, 0.717) is 25.5 Å². The summed E-state index contributed by atoms with van der Waals surface area (Å²) < 4.78 is 6.27. The Hall–Kier alpha value is -3.91. The second-order valence-corrected chi connectivity index (χ2v) is 14.4. The molecular weight excluding hydrogens is 664 g/mol. The van der Waals surface area contributed by atoms with Crippen molar-refractivity contribution in [2.75, 3.05) is 26.7 Å². The zero-order chi connectivity index (χ0) is 37.4. The number of aliphatic hydroxyl groups excluding tert-OH is 5. The van der Waals surface area contributed by atoms with Crippen LogP contribution in [0.4, 0.5) is 0 Å². The molecule has 282 valence electrons. The summed E-state index contributed by atoms with van der Waals surface area (Å²) in [6, 6.07) is 16.8.